The smallest absolute Gasteiger partial charge is 0.212 e. The molecule has 0 bridgehead atoms. The molecule has 7 heteroatoms. The van der Waals surface area contributed by atoms with Crippen LogP contribution in [0.4, 0.5) is 0 Å². The summed E-state index contributed by atoms with van der Waals surface area (Å²) in [6.45, 7) is 1.78. The van der Waals surface area contributed by atoms with E-state index in [-0.39, 0.29) is 17.5 Å². The van der Waals surface area contributed by atoms with Crippen molar-refractivity contribution in [2.24, 2.45) is 16.8 Å². The van der Waals surface area contributed by atoms with E-state index < -0.39 is 16.1 Å². The fraction of sp³-hybridized carbons (Fsp3) is 0.909. The molecule has 0 saturated heterocycles. The highest BCUT2D eigenvalue weighted by Gasteiger charge is 2.24. The normalized spacial score (nSPS) is 20.8. The average Bonchev–Trinajstić information content (AvgIpc) is 2.35. The van der Waals surface area contributed by atoms with Crippen molar-refractivity contribution in [3.63, 3.8) is 0 Å². The van der Waals surface area contributed by atoms with Crippen LogP contribution < -0.4 is 10.5 Å². The number of hydrogen-bond acceptors (Lipinski definition) is 4. The molecular weight excluding hydrogens is 254 g/mol. The van der Waals surface area contributed by atoms with Gasteiger partial charge in [-0.2, -0.15) is 0 Å². The molecule has 1 saturated carbocycles. The molecular formula is C11H23N3O3S. The molecule has 1 aliphatic carbocycles. The van der Waals surface area contributed by atoms with E-state index in [9.17, 15) is 8.42 Å². The van der Waals surface area contributed by atoms with Crippen LogP contribution in [0.15, 0.2) is 5.16 Å². The van der Waals surface area contributed by atoms with E-state index in [2.05, 4.69) is 9.88 Å². The maximum atomic E-state index is 12.0. The summed E-state index contributed by atoms with van der Waals surface area (Å²) in [5.41, 5.74) is 5.44. The Morgan fingerprint density at radius 3 is 2.56 bits per heavy atom. The first-order valence-electron chi connectivity index (χ1n) is 6.46. The molecule has 0 aliphatic heterocycles. The quantitative estimate of drug-likeness (QED) is 0.291. The SMILES string of the molecule is CCC(NS(=O)(=O)CC1CCCCC1)C(N)=NO. The van der Waals surface area contributed by atoms with Gasteiger partial charge in [-0.1, -0.05) is 31.3 Å². The van der Waals surface area contributed by atoms with Gasteiger partial charge in [-0.15, -0.1) is 0 Å². The summed E-state index contributed by atoms with van der Waals surface area (Å²) in [5, 5.41) is 11.4. The zero-order chi connectivity index (χ0) is 13.6. The van der Waals surface area contributed by atoms with Crippen molar-refractivity contribution in [2.75, 3.05) is 5.75 Å². The molecule has 1 aliphatic rings. The molecule has 0 radical (unpaired) electrons. The summed E-state index contributed by atoms with van der Waals surface area (Å²) < 4.78 is 26.5. The molecule has 6 nitrogen and oxygen atoms in total. The number of nitrogens with one attached hydrogen (secondary N) is 1. The predicted octanol–water partition coefficient (Wildman–Crippen LogP) is 1.01. The third-order valence-corrected chi connectivity index (χ3v) is 4.94. The van der Waals surface area contributed by atoms with Crippen LogP contribution in [0.25, 0.3) is 0 Å². The number of sulfonamides is 1. The first-order valence-corrected chi connectivity index (χ1v) is 8.11. The third kappa shape index (κ3) is 4.81. The molecule has 1 rings (SSSR count). The molecule has 0 heterocycles. The summed E-state index contributed by atoms with van der Waals surface area (Å²) >= 11 is 0. The zero-order valence-electron chi connectivity index (χ0n) is 10.8. The maximum absolute atomic E-state index is 12.0. The summed E-state index contributed by atoms with van der Waals surface area (Å²) in [4.78, 5) is 0. The van der Waals surface area contributed by atoms with E-state index >= 15 is 0 Å². The Kier molecular flexibility index (Phi) is 5.87. The molecule has 0 amide bonds. The van der Waals surface area contributed by atoms with Gasteiger partial charge < -0.3 is 10.9 Å². The Bertz CT molecular complexity index is 375. The molecule has 0 aromatic heterocycles. The molecule has 4 N–H and O–H groups in total. The van der Waals surface area contributed by atoms with E-state index in [4.69, 9.17) is 10.9 Å². The van der Waals surface area contributed by atoms with Crippen molar-refractivity contribution in [1.29, 1.82) is 0 Å². The van der Waals surface area contributed by atoms with Gasteiger partial charge in [-0.05, 0) is 25.2 Å². The van der Waals surface area contributed by atoms with E-state index in [1.807, 2.05) is 0 Å². The van der Waals surface area contributed by atoms with Gasteiger partial charge in [0.2, 0.25) is 10.0 Å². The van der Waals surface area contributed by atoms with Gasteiger partial charge in [0.15, 0.2) is 5.84 Å². The van der Waals surface area contributed by atoms with Crippen molar-refractivity contribution in [3.8, 4) is 0 Å². The van der Waals surface area contributed by atoms with Crippen LogP contribution >= 0.6 is 0 Å². The summed E-state index contributed by atoms with van der Waals surface area (Å²) in [6.07, 6.45) is 5.82. The van der Waals surface area contributed by atoms with Crippen molar-refractivity contribution in [3.05, 3.63) is 0 Å². The fourth-order valence-corrected chi connectivity index (χ4v) is 4.12. The van der Waals surface area contributed by atoms with Gasteiger partial charge in [0.05, 0.1) is 11.8 Å². The van der Waals surface area contributed by atoms with Crippen LogP contribution in [0.1, 0.15) is 45.4 Å². The molecule has 18 heavy (non-hydrogen) atoms. The number of amidine groups is 1. The molecule has 1 atom stereocenters. The number of nitrogens with zero attached hydrogens (tertiary/aromatic N) is 1. The molecule has 1 unspecified atom stereocenters. The Hall–Kier alpha value is -0.820. The highest BCUT2D eigenvalue weighted by atomic mass is 32.2. The fourth-order valence-electron chi connectivity index (χ4n) is 2.35. The highest BCUT2D eigenvalue weighted by Crippen LogP contribution is 2.24. The Morgan fingerprint density at radius 1 is 1.44 bits per heavy atom. The molecule has 0 aromatic carbocycles. The summed E-state index contributed by atoms with van der Waals surface area (Å²) in [5.74, 6) is 0.285. The number of nitrogens with two attached hydrogens (primary N) is 1. The second kappa shape index (κ2) is 6.94. The van der Waals surface area contributed by atoms with Gasteiger partial charge in [-0.25, -0.2) is 13.1 Å². The lowest BCUT2D eigenvalue weighted by molar-refractivity contribution is 0.315. The van der Waals surface area contributed by atoms with E-state index in [0.717, 1.165) is 25.7 Å². The number of oxime groups is 1. The van der Waals surface area contributed by atoms with E-state index in [0.29, 0.717) is 6.42 Å². The van der Waals surface area contributed by atoms with Crippen LogP contribution in [0.5, 0.6) is 0 Å². The molecule has 0 aromatic rings. The van der Waals surface area contributed by atoms with Gasteiger partial charge in [0.25, 0.3) is 0 Å². The Morgan fingerprint density at radius 2 is 2.06 bits per heavy atom. The minimum absolute atomic E-state index is 0.0929. The standard InChI is InChI=1S/C11H23N3O3S/c1-2-10(11(12)13-15)14-18(16,17)8-9-6-4-3-5-7-9/h9-10,14-15H,2-8H2,1H3,(H2,12,13). The third-order valence-electron chi connectivity index (χ3n) is 3.38. The minimum Gasteiger partial charge on any atom is -0.409 e. The van der Waals surface area contributed by atoms with Crippen molar-refractivity contribution < 1.29 is 13.6 Å². The van der Waals surface area contributed by atoms with Gasteiger partial charge in [-0.3, -0.25) is 0 Å². The van der Waals surface area contributed by atoms with Crippen molar-refractivity contribution in [2.45, 2.75) is 51.5 Å². The van der Waals surface area contributed by atoms with E-state index in [1.54, 1.807) is 6.92 Å². The largest absolute Gasteiger partial charge is 0.409 e. The second-order valence-corrected chi connectivity index (χ2v) is 6.69. The van der Waals surface area contributed by atoms with Gasteiger partial charge in [0.1, 0.15) is 0 Å². The van der Waals surface area contributed by atoms with Crippen molar-refractivity contribution >= 4 is 15.9 Å². The lowest BCUT2D eigenvalue weighted by atomic mass is 9.91. The Labute approximate surface area is 109 Å². The van der Waals surface area contributed by atoms with Gasteiger partial charge >= 0.3 is 0 Å². The van der Waals surface area contributed by atoms with Crippen LogP contribution in [-0.4, -0.2) is 31.3 Å². The first kappa shape index (κ1) is 15.2. The lowest BCUT2D eigenvalue weighted by Gasteiger charge is -2.23. The van der Waals surface area contributed by atoms with Crippen LogP contribution in [0.3, 0.4) is 0 Å². The van der Waals surface area contributed by atoms with Crippen molar-refractivity contribution in [1.82, 2.24) is 4.72 Å². The maximum Gasteiger partial charge on any atom is 0.212 e. The second-order valence-electron chi connectivity index (χ2n) is 4.89. The molecule has 1 fully saturated rings. The van der Waals surface area contributed by atoms with Crippen LogP contribution in [0, 0.1) is 5.92 Å². The monoisotopic (exact) mass is 277 g/mol. The summed E-state index contributed by atoms with van der Waals surface area (Å²) in [7, 11) is -3.37. The number of rotatable bonds is 6. The van der Waals surface area contributed by atoms with Crippen LogP contribution in [-0.2, 0) is 10.0 Å². The van der Waals surface area contributed by atoms with E-state index in [1.165, 1.54) is 6.42 Å². The number of hydrogen-bond donors (Lipinski definition) is 3. The first-order chi connectivity index (χ1) is 8.48. The summed E-state index contributed by atoms with van der Waals surface area (Å²) in [6, 6.07) is -0.622. The predicted molar refractivity (Wildman–Crippen MR) is 71.0 cm³/mol. The highest BCUT2D eigenvalue weighted by molar-refractivity contribution is 7.89. The Balaban J connectivity index is 2.57. The minimum atomic E-state index is -3.37. The average molecular weight is 277 g/mol. The van der Waals surface area contributed by atoms with Gasteiger partial charge in [0, 0.05) is 0 Å². The lowest BCUT2D eigenvalue weighted by Crippen LogP contribution is -2.45. The zero-order valence-corrected chi connectivity index (χ0v) is 11.6. The topological polar surface area (TPSA) is 105 Å². The molecule has 0 spiro atoms. The molecule has 106 valence electrons. The van der Waals surface area contributed by atoms with Crippen LogP contribution in [0.2, 0.25) is 0 Å².